The van der Waals surface area contributed by atoms with Crippen LogP contribution < -0.4 is 20.1 Å². The molecule has 0 saturated carbocycles. The van der Waals surface area contributed by atoms with E-state index in [2.05, 4.69) is 10.6 Å². The van der Waals surface area contributed by atoms with Gasteiger partial charge in [0.1, 0.15) is 5.54 Å². The minimum Gasteiger partial charge on any atom is -0.481 e. The van der Waals surface area contributed by atoms with Gasteiger partial charge in [-0.3, -0.25) is 29.4 Å². The van der Waals surface area contributed by atoms with Crippen molar-refractivity contribution in [1.82, 2.24) is 10.2 Å². The highest BCUT2D eigenvalue weighted by molar-refractivity contribution is 6.15. The third-order valence-electron chi connectivity index (χ3n) is 7.50. The number of fused-ring (bicyclic) bond motifs is 5. The number of carbonyl (C=O) groups is 4. The van der Waals surface area contributed by atoms with Crippen molar-refractivity contribution in [3.63, 3.8) is 0 Å². The van der Waals surface area contributed by atoms with E-state index in [0.717, 1.165) is 5.56 Å². The van der Waals surface area contributed by atoms with Crippen LogP contribution in [0.4, 0.5) is 5.69 Å². The Labute approximate surface area is 200 Å². The van der Waals surface area contributed by atoms with Gasteiger partial charge in [-0.2, -0.15) is 0 Å². The molecule has 2 fully saturated rings. The van der Waals surface area contributed by atoms with Crippen molar-refractivity contribution < 1.29 is 33.8 Å². The molecule has 4 aliphatic heterocycles. The Balaban J connectivity index is 1.40. The van der Waals surface area contributed by atoms with Crippen LogP contribution in [0.2, 0.25) is 0 Å². The molecule has 180 valence electrons. The van der Waals surface area contributed by atoms with Gasteiger partial charge in [0.2, 0.25) is 24.5 Å². The van der Waals surface area contributed by atoms with Crippen LogP contribution in [0.3, 0.4) is 0 Å². The number of carboxylic acids is 1. The molecule has 0 bridgehead atoms. The monoisotopic (exact) mass is 477 g/mol. The van der Waals surface area contributed by atoms with Gasteiger partial charge < -0.3 is 19.9 Å². The number of nitrogens with zero attached hydrogens (tertiary/aromatic N) is 1. The number of carbonyl (C=O) groups excluding carboxylic acids is 3. The summed E-state index contributed by atoms with van der Waals surface area (Å²) < 4.78 is 10.7. The van der Waals surface area contributed by atoms with E-state index >= 15 is 0 Å². The normalized spacial score (nSPS) is 28.0. The first kappa shape index (κ1) is 21.6. The van der Waals surface area contributed by atoms with Crippen molar-refractivity contribution in [3.05, 3.63) is 53.1 Å². The fraction of sp³-hybridized carbons (Fsp3) is 0.360. The number of amides is 3. The number of nitrogens with one attached hydrogen (secondary N) is 2. The maximum atomic E-state index is 13.8. The quantitative estimate of drug-likeness (QED) is 0.552. The molecule has 0 unspecified atom stereocenters. The van der Waals surface area contributed by atoms with Gasteiger partial charge in [0.05, 0.1) is 18.4 Å². The zero-order valence-electron chi connectivity index (χ0n) is 18.9. The number of aryl methyl sites for hydroxylation is 1. The zero-order valence-corrected chi connectivity index (χ0v) is 18.9. The van der Waals surface area contributed by atoms with Crippen molar-refractivity contribution in [2.24, 2.45) is 11.8 Å². The minimum atomic E-state index is -1.44. The third-order valence-corrected chi connectivity index (χ3v) is 7.50. The van der Waals surface area contributed by atoms with Gasteiger partial charge in [0.15, 0.2) is 11.5 Å². The number of imide groups is 1. The molecule has 4 aliphatic rings. The zero-order chi connectivity index (χ0) is 24.5. The highest BCUT2D eigenvalue weighted by atomic mass is 16.7. The fourth-order valence-corrected chi connectivity index (χ4v) is 5.94. The Morgan fingerprint density at radius 3 is 2.74 bits per heavy atom. The van der Waals surface area contributed by atoms with Crippen molar-refractivity contribution in [2.45, 2.75) is 37.9 Å². The number of para-hydroxylation sites is 1. The highest BCUT2D eigenvalue weighted by Crippen LogP contribution is 2.54. The van der Waals surface area contributed by atoms with Crippen LogP contribution in [-0.4, -0.2) is 46.5 Å². The van der Waals surface area contributed by atoms with E-state index in [9.17, 15) is 24.3 Å². The van der Waals surface area contributed by atoms with Crippen molar-refractivity contribution in [3.8, 4) is 11.5 Å². The molecule has 3 N–H and O–H groups in total. The van der Waals surface area contributed by atoms with Gasteiger partial charge in [-0.25, -0.2) is 0 Å². The maximum Gasteiger partial charge on any atom is 0.303 e. The first-order valence-corrected chi connectivity index (χ1v) is 11.5. The molecule has 2 saturated heterocycles. The van der Waals surface area contributed by atoms with Crippen LogP contribution in [0, 0.1) is 18.8 Å². The molecule has 0 aromatic heterocycles. The number of hydrogen-bond donors (Lipinski definition) is 3. The summed E-state index contributed by atoms with van der Waals surface area (Å²) in [6.45, 7) is 1.99. The topological polar surface area (TPSA) is 134 Å². The molecule has 1 spiro atoms. The minimum absolute atomic E-state index is 0.0192. The Morgan fingerprint density at radius 2 is 1.94 bits per heavy atom. The average Bonchev–Trinajstić information content (AvgIpc) is 3.55. The standard InChI is InChI=1S/C25H23N3O7/c1-12-3-2-4-14-21(12)26-24(33)25(14)20-19(15(27-25)6-8-18(29)30)22(31)28(23(20)32)10-13-5-7-16-17(9-13)35-11-34-16/h2-5,7,9,15,19-20,27H,6,8,10-11H2,1H3,(H,26,33)(H,29,30)/t15-,19+,20+,25-/m0/s1. The van der Waals surface area contributed by atoms with Crippen LogP contribution in [-0.2, 0) is 31.3 Å². The Hall–Kier alpha value is -3.92. The Bertz CT molecular complexity index is 1310. The van der Waals surface area contributed by atoms with E-state index in [-0.39, 0.29) is 26.2 Å². The molecule has 2 aromatic carbocycles. The van der Waals surface area contributed by atoms with E-state index in [4.69, 9.17) is 9.47 Å². The van der Waals surface area contributed by atoms with Crippen LogP contribution in [0.1, 0.15) is 29.5 Å². The number of likely N-dealkylation sites (tertiary alicyclic amines) is 1. The highest BCUT2D eigenvalue weighted by Gasteiger charge is 2.70. The second-order valence-corrected chi connectivity index (χ2v) is 9.40. The predicted octanol–water partition coefficient (Wildman–Crippen LogP) is 1.51. The summed E-state index contributed by atoms with van der Waals surface area (Å²) in [5.41, 5.74) is 1.32. The number of ether oxygens (including phenoxy) is 2. The largest absolute Gasteiger partial charge is 0.481 e. The Kier molecular flexibility index (Phi) is 4.65. The summed E-state index contributed by atoms with van der Waals surface area (Å²) >= 11 is 0. The van der Waals surface area contributed by atoms with Gasteiger partial charge in [0, 0.05) is 23.7 Å². The van der Waals surface area contributed by atoms with Crippen LogP contribution in [0.5, 0.6) is 11.5 Å². The van der Waals surface area contributed by atoms with Crippen LogP contribution in [0.15, 0.2) is 36.4 Å². The fourth-order valence-electron chi connectivity index (χ4n) is 5.94. The summed E-state index contributed by atoms with van der Waals surface area (Å²) in [6.07, 6.45) is -0.0769. The second kappa shape index (κ2) is 7.54. The number of anilines is 1. The third kappa shape index (κ3) is 2.99. The molecule has 2 aromatic rings. The molecule has 0 radical (unpaired) electrons. The molecule has 4 atom stereocenters. The first-order valence-electron chi connectivity index (χ1n) is 11.5. The van der Waals surface area contributed by atoms with E-state index in [0.29, 0.717) is 28.3 Å². The molecule has 10 nitrogen and oxygen atoms in total. The molecule has 35 heavy (non-hydrogen) atoms. The van der Waals surface area contributed by atoms with E-state index in [1.54, 1.807) is 24.3 Å². The lowest BCUT2D eigenvalue weighted by molar-refractivity contribution is -0.144. The van der Waals surface area contributed by atoms with Gasteiger partial charge in [-0.05, 0) is 36.6 Å². The molecule has 4 heterocycles. The molecule has 3 amide bonds. The lowest BCUT2D eigenvalue weighted by Crippen LogP contribution is -2.53. The second-order valence-electron chi connectivity index (χ2n) is 9.40. The number of aliphatic carboxylic acids is 1. The van der Waals surface area contributed by atoms with Crippen molar-refractivity contribution >= 4 is 29.4 Å². The van der Waals surface area contributed by atoms with E-state index < -0.39 is 47.1 Å². The maximum absolute atomic E-state index is 13.8. The lowest BCUT2D eigenvalue weighted by atomic mass is 9.76. The van der Waals surface area contributed by atoms with Gasteiger partial charge in [-0.1, -0.05) is 24.3 Å². The molecule has 0 aliphatic carbocycles. The van der Waals surface area contributed by atoms with Crippen molar-refractivity contribution in [1.29, 1.82) is 0 Å². The van der Waals surface area contributed by atoms with Gasteiger partial charge in [-0.15, -0.1) is 0 Å². The Morgan fingerprint density at radius 1 is 1.14 bits per heavy atom. The number of carboxylic acid groups (broad SMARTS) is 1. The number of rotatable bonds is 5. The average molecular weight is 477 g/mol. The summed E-state index contributed by atoms with van der Waals surface area (Å²) in [5.74, 6) is -2.97. The number of benzene rings is 2. The molecule has 6 rings (SSSR count). The SMILES string of the molecule is Cc1cccc2c1NC(=O)[C@]21N[C@@H](CCC(=O)O)[C@H]2C(=O)N(Cc3ccc4c(c3)OCO4)C(=O)[C@@H]21. The van der Waals surface area contributed by atoms with E-state index in [1.807, 2.05) is 19.1 Å². The summed E-state index contributed by atoms with van der Waals surface area (Å²) in [6, 6.07) is 10.0. The summed E-state index contributed by atoms with van der Waals surface area (Å²) in [7, 11) is 0. The van der Waals surface area contributed by atoms with Crippen LogP contribution in [0.25, 0.3) is 0 Å². The van der Waals surface area contributed by atoms with Crippen molar-refractivity contribution in [2.75, 3.05) is 12.1 Å². The van der Waals surface area contributed by atoms with E-state index in [1.165, 1.54) is 4.90 Å². The lowest BCUT2D eigenvalue weighted by Gasteiger charge is -2.29. The van der Waals surface area contributed by atoms with Gasteiger partial charge >= 0.3 is 5.97 Å². The molecule has 10 heteroatoms. The molecular formula is C25H23N3O7. The molecular weight excluding hydrogens is 454 g/mol. The van der Waals surface area contributed by atoms with Crippen LogP contribution >= 0.6 is 0 Å². The van der Waals surface area contributed by atoms with Gasteiger partial charge in [0.25, 0.3) is 0 Å². The number of hydrogen-bond acceptors (Lipinski definition) is 7. The smallest absolute Gasteiger partial charge is 0.303 e. The first-order chi connectivity index (χ1) is 16.8. The summed E-state index contributed by atoms with van der Waals surface area (Å²) in [5, 5.41) is 15.4. The summed E-state index contributed by atoms with van der Waals surface area (Å²) in [4.78, 5) is 53.5. The predicted molar refractivity (Wildman–Crippen MR) is 120 cm³/mol.